The fourth-order valence-electron chi connectivity index (χ4n) is 2.76. The summed E-state index contributed by atoms with van der Waals surface area (Å²) in [7, 11) is 0. The van der Waals surface area contributed by atoms with E-state index in [2.05, 4.69) is 4.98 Å². The van der Waals surface area contributed by atoms with Gasteiger partial charge in [0.2, 0.25) is 0 Å². The van der Waals surface area contributed by atoms with Crippen LogP contribution in [0.1, 0.15) is 38.2 Å². The number of piperazine rings is 1. The van der Waals surface area contributed by atoms with Crippen molar-refractivity contribution in [1.29, 1.82) is 0 Å². The SMILES string of the molecule is CC(C)(C)OC(=O)N1CCN(c2ncc([C@@H](O)c3ccccc3)o2)CC1. The van der Waals surface area contributed by atoms with Gasteiger partial charge in [-0.3, -0.25) is 0 Å². The molecule has 1 aromatic heterocycles. The summed E-state index contributed by atoms with van der Waals surface area (Å²) in [4.78, 5) is 20.0. The van der Waals surface area contributed by atoms with Gasteiger partial charge >= 0.3 is 6.09 Å². The molecule has 1 aromatic carbocycles. The maximum Gasteiger partial charge on any atom is 0.410 e. The van der Waals surface area contributed by atoms with Crippen molar-refractivity contribution in [3.05, 3.63) is 47.9 Å². The lowest BCUT2D eigenvalue weighted by atomic mass is 10.1. The minimum Gasteiger partial charge on any atom is -0.444 e. The molecule has 3 rings (SSSR count). The summed E-state index contributed by atoms with van der Waals surface area (Å²) in [6.07, 6.45) is 0.401. The summed E-state index contributed by atoms with van der Waals surface area (Å²) in [6, 6.07) is 9.77. The lowest BCUT2D eigenvalue weighted by Crippen LogP contribution is -2.50. The Hall–Kier alpha value is -2.54. The number of hydrogen-bond donors (Lipinski definition) is 1. The fraction of sp³-hybridized carbons (Fsp3) is 0.474. The van der Waals surface area contributed by atoms with E-state index < -0.39 is 11.7 Å². The molecular weight excluding hydrogens is 334 g/mol. The number of nitrogens with zero attached hydrogens (tertiary/aromatic N) is 3. The Balaban J connectivity index is 1.59. The Bertz CT molecular complexity index is 731. The van der Waals surface area contributed by atoms with Gasteiger partial charge in [-0.25, -0.2) is 9.78 Å². The van der Waals surface area contributed by atoms with E-state index in [0.29, 0.717) is 38.0 Å². The Morgan fingerprint density at radius 2 is 1.85 bits per heavy atom. The summed E-state index contributed by atoms with van der Waals surface area (Å²) < 4.78 is 11.1. The highest BCUT2D eigenvalue weighted by Gasteiger charge is 2.28. The number of oxazole rings is 1. The van der Waals surface area contributed by atoms with E-state index in [1.165, 1.54) is 0 Å². The molecule has 1 fully saturated rings. The van der Waals surface area contributed by atoms with E-state index in [1.807, 2.05) is 56.0 Å². The van der Waals surface area contributed by atoms with E-state index in [1.54, 1.807) is 11.1 Å². The van der Waals surface area contributed by atoms with Crippen LogP contribution >= 0.6 is 0 Å². The quantitative estimate of drug-likeness (QED) is 0.908. The smallest absolute Gasteiger partial charge is 0.410 e. The first-order valence-corrected chi connectivity index (χ1v) is 8.75. The molecule has 1 aliphatic rings. The number of aromatic nitrogens is 1. The fourth-order valence-corrected chi connectivity index (χ4v) is 2.76. The largest absolute Gasteiger partial charge is 0.444 e. The third-order valence-corrected chi connectivity index (χ3v) is 4.10. The highest BCUT2D eigenvalue weighted by atomic mass is 16.6. The molecular formula is C19H25N3O4. The van der Waals surface area contributed by atoms with Crippen LogP contribution < -0.4 is 4.90 Å². The van der Waals surface area contributed by atoms with Gasteiger partial charge in [-0.2, -0.15) is 0 Å². The molecule has 2 aromatic rings. The summed E-state index contributed by atoms with van der Waals surface area (Å²) in [5.41, 5.74) is 0.254. The Morgan fingerprint density at radius 1 is 1.19 bits per heavy atom. The van der Waals surface area contributed by atoms with Gasteiger partial charge in [-0.1, -0.05) is 30.3 Å². The van der Waals surface area contributed by atoms with Crippen LogP contribution in [0, 0.1) is 0 Å². The second kappa shape index (κ2) is 7.37. The number of anilines is 1. The van der Waals surface area contributed by atoms with Crippen molar-refractivity contribution in [2.75, 3.05) is 31.1 Å². The van der Waals surface area contributed by atoms with Crippen molar-refractivity contribution in [2.45, 2.75) is 32.5 Å². The normalized spacial score (nSPS) is 16.5. The molecule has 0 radical (unpaired) electrons. The molecule has 0 bridgehead atoms. The van der Waals surface area contributed by atoms with Gasteiger partial charge in [0.15, 0.2) is 5.76 Å². The summed E-state index contributed by atoms with van der Waals surface area (Å²) in [5.74, 6) is 0.403. The van der Waals surface area contributed by atoms with E-state index in [0.717, 1.165) is 5.56 Å². The van der Waals surface area contributed by atoms with Crippen LogP contribution in [0.3, 0.4) is 0 Å². The molecule has 0 saturated carbocycles. The maximum atomic E-state index is 12.1. The minimum absolute atomic E-state index is 0.301. The molecule has 140 valence electrons. The van der Waals surface area contributed by atoms with E-state index in [9.17, 15) is 9.90 Å². The van der Waals surface area contributed by atoms with Gasteiger partial charge < -0.3 is 24.1 Å². The van der Waals surface area contributed by atoms with Crippen LogP contribution in [0.2, 0.25) is 0 Å². The first-order chi connectivity index (χ1) is 12.3. The van der Waals surface area contributed by atoms with Crippen molar-refractivity contribution in [3.63, 3.8) is 0 Å². The first kappa shape index (κ1) is 18.3. The van der Waals surface area contributed by atoms with Gasteiger partial charge in [0.05, 0.1) is 6.20 Å². The van der Waals surface area contributed by atoms with Crippen LogP contribution in [-0.2, 0) is 4.74 Å². The Kier molecular flexibility index (Phi) is 5.18. The molecule has 7 nitrogen and oxygen atoms in total. The number of rotatable bonds is 3. The van der Waals surface area contributed by atoms with Crippen molar-refractivity contribution in [2.24, 2.45) is 0 Å². The minimum atomic E-state index is -0.847. The number of aliphatic hydroxyl groups is 1. The van der Waals surface area contributed by atoms with Crippen LogP contribution in [0.4, 0.5) is 10.8 Å². The third-order valence-electron chi connectivity index (χ3n) is 4.10. The molecule has 7 heteroatoms. The molecule has 1 amide bonds. The van der Waals surface area contributed by atoms with Crippen LogP contribution in [-0.4, -0.2) is 52.9 Å². The predicted molar refractivity (Wildman–Crippen MR) is 97.0 cm³/mol. The molecule has 1 aliphatic heterocycles. The van der Waals surface area contributed by atoms with Gasteiger partial charge in [0.1, 0.15) is 11.7 Å². The zero-order chi connectivity index (χ0) is 18.7. The molecule has 0 unspecified atom stereocenters. The number of carbonyl (C=O) groups is 1. The van der Waals surface area contributed by atoms with Crippen molar-refractivity contribution >= 4 is 12.1 Å². The Morgan fingerprint density at radius 3 is 2.46 bits per heavy atom. The van der Waals surface area contributed by atoms with E-state index in [-0.39, 0.29) is 6.09 Å². The van der Waals surface area contributed by atoms with Crippen LogP contribution in [0.25, 0.3) is 0 Å². The average molecular weight is 359 g/mol. The highest BCUT2D eigenvalue weighted by Crippen LogP contribution is 2.26. The lowest BCUT2D eigenvalue weighted by molar-refractivity contribution is 0.0239. The second-order valence-corrected chi connectivity index (χ2v) is 7.31. The zero-order valence-electron chi connectivity index (χ0n) is 15.4. The number of carbonyl (C=O) groups excluding carboxylic acids is 1. The Labute approximate surface area is 153 Å². The molecule has 1 saturated heterocycles. The number of aliphatic hydroxyl groups excluding tert-OH is 1. The lowest BCUT2D eigenvalue weighted by Gasteiger charge is -2.34. The second-order valence-electron chi connectivity index (χ2n) is 7.31. The van der Waals surface area contributed by atoms with Gasteiger partial charge in [-0.05, 0) is 26.3 Å². The number of ether oxygens (including phenoxy) is 1. The van der Waals surface area contributed by atoms with E-state index >= 15 is 0 Å². The van der Waals surface area contributed by atoms with Crippen molar-refractivity contribution in [3.8, 4) is 0 Å². The number of hydrogen-bond acceptors (Lipinski definition) is 6. The van der Waals surface area contributed by atoms with Gasteiger partial charge in [0, 0.05) is 26.2 Å². The van der Waals surface area contributed by atoms with Crippen molar-refractivity contribution < 1.29 is 19.1 Å². The first-order valence-electron chi connectivity index (χ1n) is 8.75. The molecule has 1 N–H and O–H groups in total. The summed E-state index contributed by atoms with van der Waals surface area (Å²) >= 11 is 0. The third kappa shape index (κ3) is 4.35. The molecule has 0 aliphatic carbocycles. The van der Waals surface area contributed by atoms with Gasteiger partial charge in [0.25, 0.3) is 6.01 Å². The molecule has 0 spiro atoms. The van der Waals surface area contributed by atoms with Crippen LogP contribution in [0.15, 0.2) is 40.9 Å². The predicted octanol–water partition coefficient (Wildman–Crippen LogP) is 2.81. The number of amides is 1. The highest BCUT2D eigenvalue weighted by molar-refractivity contribution is 5.68. The molecule has 2 heterocycles. The van der Waals surface area contributed by atoms with Gasteiger partial charge in [-0.15, -0.1) is 0 Å². The standard InChI is InChI=1S/C19H25N3O4/c1-19(2,3)26-18(24)22-11-9-21(10-12-22)17-20-13-15(25-17)16(23)14-7-5-4-6-8-14/h4-8,13,16,23H,9-12H2,1-3H3/t16-/m0/s1. The van der Waals surface area contributed by atoms with Crippen molar-refractivity contribution in [1.82, 2.24) is 9.88 Å². The van der Waals surface area contributed by atoms with E-state index in [4.69, 9.17) is 9.15 Å². The summed E-state index contributed by atoms with van der Waals surface area (Å²) in [6.45, 7) is 7.83. The number of benzene rings is 1. The average Bonchev–Trinajstić information content (AvgIpc) is 3.10. The zero-order valence-corrected chi connectivity index (χ0v) is 15.4. The molecule has 26 heavy (non-hydrogen) atoms. The topological polar surface area (TPSA) is 79.0 Å². The molecule has 1 atom stereocenters. The summed E-state index contributed by atoms with van der Waals surface area (Å²) in [5, 5.41) is 10.4. The van der Waals surface area contributed by atoms with Crippen LogP contribution in [0.5, 0.6) is 0 Å². The maximum absolute atomic E-state index is 12.1. The monoisotopic (exact) mass is 359 g/mol.